The van der Waals surface area contributed by atoms with Gasteiger partial charge in [0.25, 0.3) is 0 Å². The van der Waals surface area contributed by atoms with Gasteiger partial charge in [-0.3, -0.25) is 0 Å². The van der Waals surface area contributed by atoms with E-state index in [0.29, 0.717) is 41.9 Å². The summed E-state index contributed by atoms with van der Waals surface area (Å²) < 4.78 is 12.0. The molecule has 1 N–H and O–H groups in total. The molecule has 0 bridgehead atoms. The van der Waals surface area contributed by atoms with Gasteiger partial charge >= 0.3 is 7.41 Å². The van der Waals surface area contributed by atoms with E-state index in [2.05, 4.69) is 68.2 Å². The Balaban J connectivity index is 1.75. The van der Waals surface area contributed by atoms with Crippen molar-refractivity contribution in [3.8, 4) is 23.1 Å². The van der Waals surface area contributed by atoms with Crippen LogP contribution in [0.5, 0.6) is 5.75 Å². The van der Waals surface area contributed by atoms with Crippen LogP contribution in [0.4, 0.5) is 17.5 Å². The zero-order valence-electron chi connectivity index (χ0n) is 23.6. The number of benzene rings is 1. The fraction of sp³-hybridized carbons (Fsp3) is 0.393. The molecule has 1 aromatic carbocycles. The third kappa shape index (κ3) is 5.67. The van der Waals surface area contributed by atoms with Crippen molar-refractivity contribution in [1.29, 1.82) is 5.26 Å². The molecule has 0 saturated heterocycles. The van der Waals surface area contributed by atoms with E-state index in [0.717, 1.165) is 23.0 Å². The molecule has 2 aromatic heterocycles. The number of nitrogens with zero attached hydrogens (tertiary/aromatic N) is 5. The number of nitrogens with one attached hydrogen (secondary N) is 1. The molecule has 3 heterocycles. The van der Waals surface area contributed by atoms with E-state index in [1.54, 1.807) is 43.8 Å². The average Bonchev–Trinajstić information content (AvgIpc) is 3.19. The van der Waals surface area contributed by atoms with Gasteiger partial charge in [0.15, 0.2) is 19.9 Å². The average molecular weight is 542 g/mol. The highest BCUT2D eigenvalue weighted by Crippen LogP contribution is 2.46. The van der Waals surface area contributed by atoms with Gasteiger partial charge in [0, 0.05) is 42.2 Å². The van der Waals surface area contributed by atoms with Crippen molar-refractivity contribution in [1.82, 2.24) is 15.0 Å². The van der Waals surface area contributed by atoms with Crippen LogP contribution >= 0.6 is 0 Å². The van der Waals surface area contributed by atoms with E-state index in [-0.39, 0.29) is 5.04 Å². The third-order valence-electron chi connectivity index (χ3n) is 7.66. The maximum absolute atomic E-state index is 11.5. The number of pyridine rings is 1. The fourth-order valence-corrected chi connectivity index (χ4v) is 5.50. The predicted molar refractivity (Wildman–Crippen MR) is 157 cm³/mol. The molecular weight excluding hydrogens is 507 g/mol. The minimum absolute atomic E-state index is 0.0553. The van der Waals surface area contributed by atoms with E-state index < -0.39 is 13.7 Å². The van der Waals surface area contributed by atoms with E-state index >= 15 is 0 Å². The summed E-state index contributed by atoms with van der Waals surface area (Å²) in [4.78, 5) is 26.7. The van der Waals surface area contributed by atoms with Crippen molar-refractivity contribution in [3.63, 3.8) is 0 Å². The van der Waals surface area contributed by atoms with Crippen LogP contribution in [0.1, 0.15) is 38.8 Å². The molecule has 0 saturated carbocycles. The van der Waals surface area contributed by atoms with Gasteiger partial charge in [-0.05, 0) is 54.0 Å². The standard InChI is InChI=1S/C28H34BN6O3Si/c1-27(2,3)39(6,7)38-17-28(4)16-35(29-18-36)24-20(15-30)13-19(14-21(24)28)22-10-12-32-26(33-22)34-25-23(37-5)9-8-11-31-25/h8-14,18H,16-17H2,1-7H3,(H,31,32,33,34)/t28-/m1/s1. The summed E-state index contributed by atoms with van der Waals surface area (Å²) in [5.41, 5.74) is 3.13. The van der Waals surface area contributed by atoms with Gasteiger partial charge in [-0.15, -0.1) is 0 Å². The first-order chi connectivity index (χ1) is 18.4. The van der Waals surface area contributed by atoms with Crippen LogP contribution in [-0.2, 0) is 14.6 Å². The summed E-state index contributed by atoms with van der Waals surface area (Å²) in [6, 6.07) is 11.6. The highest BCUT2D eigenvalue weighted by molar-refractivity contribution is 6.74. The van der Waals surface area contributed by atoms with Crippen LogP contribution in [0.15, 0.2) is 42.7 Å². The number of carbonyl (C=O) groups is 1. The van der Waals surface area contributed by atoms with Crippen molar-refractivity contribution in [3.05, 3.63) is 53.9 Å². The van der Waals surface area contributed by atoms with E-state index in [1.165, 1.54) is 7.41 Å². The molecule has 3 aromatic rings. The van der Waals surface area contributed by atoms with E-state index in [1.807, 2.05) is 4.81 Å². The van der Waals surface area contributed by atoms with Crippen molar-refractivity contribution >= 4 is 39.4 Å². The van der Waals surface area contributed by atoms with Crippen molar-refractivity contribution in [2.75, 3.05) is 30.4 Å². The molecule has 0 unspecified atom stereocenters. The van der Waals surface area contributed by atoms with Gasteiger partial charge in [0.05, 0.1) is 18.4 Å². The lowest BCUT2D eigenvalue weighted by molar-refractivity contribution is 0.219. The highest BCUT2D eigenvalue weighted by Gasteiger charge is 2.44. The van der Waals surface area contributed by atoms with Crippen molar-refractivity contribution in [2.45, 2.75) is 51.2 Å². The molecule has 1 atom stereocenters. The Bertz CT molecular complexity index is 1420. The molecule has 1 aliphatic heterocycles. The first-order valence-electron chi connectivity index (χ1n) is 12.8. The van der Waals surface area contributed by atoms with Gasteiger partial charge in [-0.25, -0.2) is 15.0 Å². The van der Waals surface area contributed by atoms with Crippen LogP contribution in [-0.4, -0.2) is 57.1 Å². The summed E-state index contributed by atoms with van der Waals surface area (Å²) in [6.45, 7) is 14.2. The summed E-state index contributed by atoms with van der Waals surface area (Å²) in [7, 11) is 1.02. The maximum atomic E-state index is 11.5. The largest absolute Gasteiger partial charge is 0.493 e. The second-order valence-corrected chi connectivity index (χ2v) is 16.3. The molecule has 0 fully saturated rings. The summed E-state index contributed by atoms with van der Waals surface area (Å²) in [5, 5.41) is 13.3. The van der Waals surface area contributed by atoms with Crippen LogP contribution < -0.4 is 14.9 Å². The van der Waals surface area contributed by atoms with Crippen molar-refractivity contribution in [2.24, 2.45) is 0 Å². The number of hydrogen-bond acceptors (Lipinski definition) is 9. The number of hydrogen-bond donors (Lipinski definition) is 1. The monoisotopic (exact) mass is 541 g/mol. The van der Waals surface area contributed by atoms with E-state index in [9.17, 15) is 10.1 Å². The lowest BCUT2D eigenvalue weighted by atomic mass is 9.83. The predicted octanol–water partition coefficient (Wildman–Crippen LogP) is 5.07. The molecule has 201 valence electrons. The van der Waals surface area contributed by atoms with Crippen molar-refractivity contribution < 1.29 is 14.0 Å². The number of anilines is 3. The maximum Gasteiger partial charge on any atom is 0.329 e. The Hall–Kier alpha value is -3.75. The second kappa shape index (κ2) is 10.8. The molecule has 11 heteroatoms. The number of carbonyl (C=O) groups excluding carboxylic acids is 1. The summed E-state index contributed by atoms with van der Waals surface area (Å²) >= 11 is 0. The van der Waals surface area contributed by atoms with Gasteiger partial charge in [0.1, 0.15) is 12.3 Å². The lowest BCUT2D eigenvalue weighted by Crippen LogP contribution is -2.46. The quantitative estimate of drug-likeness (QED) is 0.293. The normalized spacial score (nSPS) is 16.8. The minimum atomic E-state index is -2.04. The topological polar surface area (TPSA) is 113 Å². The SMILES string of the molecule is COc1cccnc1Nc1nccc(-c2cc(C#N)c3c(c2)[C@@](C)(CO[Si](C)(C)C(C)(C)C)CN3[B]C=O)n1. The Morgan fingerprint density at radius 2 is 2.03 bits per heavy atom. The second-order valence-electron chi connectivity index (χ2n) is 11.5. The molecule has 0 spiro atoms. The Kier molecular flexibility index (Phi) is 7.82. The van der Waals surface area contributed by atoms with Gasteiger partial charge in [-0.1, -0.05) is 27.7 Å². The number of ether oxygens (including phenoxy) is 1. The Morgan fingerprint density at radius 1 is 1.26 bits per heavy atom. The molecule has 9 nitrogen and oxygen atoms in total. The van der Waals surface area contributed by atoms with Crippen LogP contribution in [0.2, 0.25) is 18.1 Å². The van der Waals surface area contributed by atoms with E-state index in [4.69, 9.17) is 14.1 Å². The zero-order chi connectivity index (χ0) is 28.4. The number of fused-ring (bicyclic) bond motifs is 1. The van der Waals surface area contributed by atoms with Crippen LogP contribution in [0, 0.1) is 11.3 Å². The Morgan fingerprint density at radius 3 is 2.69 bits per heavy atom. The molecule has 0 amide bonds. The third-order valence-corrected chi connectivity index (χ3v) is 12.1. The fourth-order valence-electron chi connectivity index (χ4n) is 4.39. The minimum Gasteiger partial charge on any atom is -0.493 e. The summed E-state index contributed by atoms with van der Waals surface area (Å²) in [5.74, 6) is 1.42. The summed E-state index contributed by atoms with van der Waals surface area (Å²) in [6.07, 6.45) is 4.07. The smallest absolute Gasteiger partial charge is 0.329 e. The molecule has 1 aliphatic rings. The van der Waals surface area contributed by atoms with Gasteiger partial charge in [0.2, 0.25) is 5.95 Å². The lowest BCUT2D eigenvalue weighted by Gasteiger charge is -2.39. The molecule has 0 aliphatic carbocycles. The number of nitriles is 1. The number of aromatic nitrogens is 3. The highest BCUT2D eigenvalue weighted by atomic mass is 28.4. The number of rotatable bonds is 9. The molecule has 4 rings (SSSR count). The van der Waals surface area contributed by atoms with Gasteiger partial charge < -0.3 is 24.1 Å². The Labute approximate surface area is 232 Å². The zero-order valence-corrected chi connectivity index (χ0v) is 24.6. The molecular formula is C28H34BN6O3Si. The van der Waals surface area contributed by atoms with Crippen LogP contribution in [0.25, 0.3) is 11.3 Å². The van der Waals surface area contributed by atoms with Gasteiger partial charge in [-0.2, -0.15) is 5.26 Å². The molecule has 1 radical (unpaired) electrons. The van der Waals surface area contributed by atoms with Crippen LogP contribution in [0.3, 0.4) is 0 Å². The first kappa shape index (κ1) is 28.3. The first-order valence-corrected chi connectivity index (χ1v) is 15.7. The molecule has 39 heavy (non-hydrogen) atoms. The number of methoxy groups -OCH3 is 1.